The van der Waals surface area contributed by atoms with Gasteiger partial charge in [0.2, 0.25) is 11.8 Å². The van der Waals surface area contributed by atoms with Crippen LogP contribution in [-0.2, 0) is 9.59 Å². The van der Waals surface area contributed by atoms with Crippen molar-refractivity contribution < 1.29 is 14.0 Å². The number of aliphatic imine (C=N–C) groups is 1. The molecule has 5 nitrogen and oxygen atoms in total. The first kappa shape index (κ1) is 17.2. The van der Waals surface area contributed by atoms with E-state index in [0.29, 0.717) is 5.17 Å². The van der Waals surface area contributed by atoms with Crippen LogP contribution in [-0.4, -0.2) is 22.2 Å². The van der Waals surface area contributed by atoms with Crippen LogP contribution in [0.5, 0.6) is 0 Å². The number of aryl methyl sites for hydroxylation is 1. The summed E-state index contributed by atoms with van der Waals surface area (Å²) < 4.78 is 13.6. The van der Waals surface area contributed by atoms with E-state index < -0.39 is 17.0 Å². The average molecular weight is 357 g/mol. The average Bonchev–Trinajstić information content (AvgIpc) is 2.89. The lowest BCUT2D eigenvalue weighted by Crippen LogP contribution is -2.28. The standard InChI is InChI=1S/C18H16FN3O2S/c1-11-5-4-6-12(9-11)20-18-22-17(24)15(25-18)10-16(23)21-14-8-3-2-7-13(14)19/h2-9,15H,10H2,1H3,(H,21,23)(H,20,22,24)/t15-/m1/s1. The number of halogens is 1. The second-order valence-corrected chi connectivity index (χ2v) is 6.78. The predicted octanol–water partition coefficient (Wildman–Crippen LogP) is 3.38. The van der Waals surface area contributed by atoms with E-state index in [1.54, 1.807) is 12.1 Å². The lowest BCUT2D eigenvalue weighted by atomic mass is 10.2. The molecule has 7 heteroatoms. The van der Waals surface area contributed by atoms with Crippen LogP contribution in [0.1, 0.15) is 12.0 Å². The first-order chi connectivity index (χ1) is 12.0. The van der Waals surface area contributed by atoms with Crippen molar-refractivity contribution in [1.82, 2.24) is 5.32 Å². The first-order valence-electron chi connectivity index (χ1n) is 7.68. The van der Waals surface area contributed by atoms with Crippen molar-refractivity contribution in [3.63, 3.8) is 0 Å². The van der Waals surface area contributed by atoms with Crippen LogP contribution in [0.25, 0.3) is 0 Å². The lowest BCUT2D eigenvalue weighted by molar-refractivity contribution is -0.122. The normalized spacial score (nSPS) is 18.2. The predicted molar refractivity (Wildman–Crippen MR) is 97.4 cm³/mol. The molecule has 0 saturated carbocycles. The molecule has 1 atom stereocenters. The minimum absolute atomic E-state index is 0.0579. The SMILES string of the molecule is Cc1cccc(N=C2NC(=O)[C@@H](CC(=O)Nc3ccccc3F)S2)c1. The number of amidine groups is 1. The molecule has 1 saturated heterocycles. The fourth-order valence-corrected chi connectivity index (χ4v) is 3.33. The largest absolute Gasteiger partial charge is 0.324 e. The molecule has 128 valence electrons. The van der Waals surface area contributed by atoms with Gasteiger partial charge in [-0.3, -0.25) is 9.59 Å². The molecule has 0 aliphatic carbocycles. The van der Waals surface area contributed by atoms with Crippen LogP contribution >= 0.6 is 11.8 Å². The van der Waals surface area contributed by atoms with E-state index >= 15 is 0 Å². The molecule has 2 aromatic carbocycles. The number of benzene rings is 2. The van der Waals surface area contributed by atoms with E-state index in [4.69, 9.17) is 0 Å². The molecule has 1 heterocycles. The highest BCUT2D eigenvalue weighted by atomic mass is 32.2. The maximum atomic E-state index is 13.6. The number of anilines is 1. The number of carbonyl (C=O) groups excluding carboxylic acids is 2. The van der Waals surface area contributed by atoms with Gasteiger partial charge in [-0.05, 0) is 36.8 Å². The zero-order valence-corrected chi connectivity index (χ0v) is 14.3. The van der Waals surface area contributed by atoms with Gasteiger partial charge in [0, 0.05) is 6.42 Å². The summed E-state index contributed by atoms with van der Waals surface area (Å²) in [5.41, 5.74) is 1.90. The minimum Gasteiger partial charge on any atom is -0.324 e. The molecule has 2 aromatic rings. The van der Waals surface area contributed by atoms with Gasteiger partial charge in [0.1, 0.15) is 11.1 Å². The first-order valence-corrected chi connectivity index (χ1v) is 8.56. The Morgan fingerprint density at radius 1 is 1.28 bits per heavy atom. The Morgan fingerprint density at radius 3 is 2.84 bits per heavy atom. The van der Waals surface area contributed by atoms with Crippen LogP contribution in [0.3, 0.4) is 0 Å². The van der Waals surface area contributed by atoms with Crippen molar-refractivity contribution in [3.8, 4) is 0 Å². The van der Waals surface area contributed by atoms with Crippen LogP contribution in [0.15, 0.2) is 53.5 Å². The van der Waals surface area contributed by atoms with Gasteiger partial charge in [-0.1, -0.05) is 36.0 Å². The van der Waals surface area contributed by atoms with Gasteiger partial charge in [0.15, 0.2) is 5.17 Å². The zero-order chi connectivity index (χ0) is 17.8. The number of hydrogen-bond donors (Lipinski definition) is 2. The van der Waals surface area contributed by atoms with Crippen molar-refractivity contribution in [2.45, 2.75) is 18.6 Å². The Bertz CT molecular complexity index is 854. The van der Waals surface area contributed by atoms with Crippen molar-refractivity contribution >= 4 is 40.1 Å². The molecule has 3 rings (SSSR count). The molecule has 0 unspecified atom stereocenters. The lowest BCUT2D eigenvalue weighted by Gasteiger charge is -2.08. The molecular formula is C18H16FN3O2S. The number of nitrogens with one attached hydrogen (secondary N) is 2. The maximum Gasteiger partial charge on any atom is 0.240 e. The number of carbonyl (C=O) groups is 2. The van der Waals surface area contributed by atoms with Crippen molar-refractivity contribution in [2.75, 3.05) is 5.32 Å². The van der Waals surface area contributed by atoms with Crippen LogP contribution < -0.4 is 10.6 Å². The second-order valence-electron chi connectivity index (χ2n) is 5.58. The molecule has 1 fully saturated rings. The summed E-state index contributed by atoms with van der Waals surface area (Å²) in [5, 5.41) is 5.02. The fourth-order valence-electron chi connectivity index (χ4n) is 2.34. The highest BCUT2D eigenvalue weighted by Gasteiger charge is 2.32. The Labute approximate surface area is 148 Å². The van der Waals surface area contributed by atoms with Crippen LogP contribution in [0.4, 0.5) is 15.8 Å². The Kier molecular flexibility index (Phi) is 5.14. The molecular weight excluding hydrogens is 341 g/mol. The molecule has 0 bridgehead atoms. The molecule has 0 spiro atoms. The van der Waals surface area contributed by atoms with Gasteiger partial charge < -0.3 is 10.6 Å². The summed E-state index contributed by atoms with van der Waals surface area (Å²) in [7, 11) is 0. The van der Waals surface area contributed by atoms with Gasteiger partial charge in [-0.25, -0.2) is 9.38 Å². The van der Waals surface area contributed by atoms with Crippen LogP contribution in [0.2, 0.25) is 0 Å². The number of thioether (sulfide) groups is 1. The molecule has 2 N–H and O–H groups in total. The van der Waals surface area contributed by atoms with E-state index in [-0.39, 0.29) is 18.0 Å². The molecule has 1 aliphatic rings. The van der Waals surface area contributed by atoms with Crippen molar-refractivity contribution in [1.29, 1.82) is 0 Å². The van der Waals surface area contributed by atoms with Crippen molar-refractivity contribution in [3.05, 3.63) is 59.9 Å². The van der Waals surface area contributed by atoms with E-state index in [2.05, 4.69) is 15.6 Å². The quantitative estimate of drug-likeness (QED) is 0.881. The van der Waals surface area contributed by atoms with E-state index in [1.165, 1.54) is 23.9 Å². The number of nitrogens with zero attached hydrogens (tertiary/aromatic N) is 1. The molecule has 2 amide bonds. The minimum atomic E-state index is -0.588. The number of para-hydroxylation sites is 1. The van der Waals surface area contributed by atoms with E-state index in [9.17, 15) is 14.0 Å². The van der Waals surface area contributed by atoms with Gasteiger partial charge >= 0.3 is 0 Å². The number of hydrogen-bond acceptors (Lipinski definition) is 4. The van der Waals surface area contributed by atoms with Crippen LogP contribution in [0, 0.1) is 12.7 Å². The van der Waals surface area contributed by atoms with Gasteiger partial charge in [0.05, 0.1) is 11.4 Å². The molecule has 25 heavy (non-hydrogen) atoms. The number of amides is 2. The molecule has 0 radical (unpaired) electrons. The van der Waals surface area contributed by atoms with E-state index in [1.807, 2.05) is 31.2 Å². The third-order valence-electron chi connectivity index (χ3n) is 3.53. The summed E-state index contributed by atoms with van der Waals surface area (Å²) in [6.07, 6.45) is -0.0579. The highest BCUT2D eigenvalue weighted by molar-refractivity contribution is 8.15. The van der Waals surface area contributed by atoms with Gasteiger partial charge in [0.25, 0.3) is 0 Å². The maximum absolute atomic E-state index is 13.6. The Morgan fingerprint density at radius 2 is 2.08 bits per heavy atom. The third kappa shape index (κ3) is 4.45. The molecule has 1 aliphatic heterocycles. The second kappa shape index (κ2) is 7.48. The van der Waals surface area contributed by atoms with Gasteiger partial charge in [-0.15, -0.1) is 0 Å². The third-order valence-corrected chi connectivity index (χ3v) is 4.61. The summed E-state index contributed by atoms with van der Waals surface area (Å²) in [6, 6.07) is 13.5. The Balaban J connectivity index is 1.63. The fraction of sp³-hybridized carbons (Fsp3) is 0.167. The molecule has 0 aromatic heterocycles. The smallest absolute Gasteiger partial charge is 0.240 e. The summed E-state index contributed by atoms with van der Waals surface area (Å²) in [5.74, 6) is -1.21. The van der Waals surface area contributed by atoms with Gasteiger partial charge in [-0.2, -0.15) is 0 Å². The zero-order valence-electron chi connectivity index (χ0n) is 13.5. The monoisotopic (exact) mass is 357 g/mol. The number of rotatable bonds is 4. The highest BCUT2D eigenvalue weighted by Crippen LogP contribution is 2.26. The topological polar surface area (TPSA) is 70.6 Å². The summed E-state index contributed by atoms with van der Waals surface area (Å²) >= 11 is 1.20. The summed E-state index contributed by atoms with van der Waals surface area (Å²) in [6.45, 7) is 1.96. The van der Waals surface area contributed by atoms with Crippen molar-refractivity contribution in [2.24, 2.45) is 4.99 Å². The van der Waals surface area contributed by atoms with E-state index in [0.717, 1.165) is 11.3 Å². The summed E-state index contributed by atoms with van der Waals surface area (Å²) in [4.78, 5) is 28.5. The Hall–Kier alpha value is -2.67.